The number of anilines is 1. The third-order valence-corrected chi connectivity index (χ3v) is 5.30. The van der Waals surface area contributed by atoms with Crippen molar-refractivity contribution in [1.29, 1.82) is 0 Å². The van der Waals surface area contributed by atoms with Gasteiger partial charge in [0.1, 0.15) is 0 Å². The molecule has 18 heavy (non-hydrogen) atoms. The van der Waals surface area contributed by atoms with Crippen LogP contribution in [-0.4, -0.2) is 23.2 Å². The Morgan fingerprint density at radius 3 is 2.61 bits per heavy atom. The largest absolute Gasteiger partial charge is 0.391 e. The molecule has 2 atom stereocenters. The van der Waals surface area contributed by atoms with Crippen molar-refractivity contribution >= 4 is 16.5 Å². The molecule has 2 unspecified atom stereocenters. The van der Waals surface area contributed by atoms with Crippen LogP contribution in [0.1, 0.15) is 56.5 Å². The Morgan fingerprint density at radius 1 is 1.44 bits per heavy atom. The minimum atomic E-state index is 0.114. The van der Waals surface area contributed by atoms with Crippen LogP contribution in [-0.2, 0) is 6.61 Å². The first kappa shape index (κ1) is 13.8. The number of thiazole rings is 1. The van der Waals surface area contributed by atoms with Crippen LogP contribution in [0.4, 0.5) is 5.13 Å². The van der Waals surface area contributed by atoms with Crippen molar-refractivity contribution in [2.45, 2.75) is 58.6 Å². The standard InChI is InChI=1S/C14H24N2OS/c1-5-9(2)13-12(8-17)18-14(15-13)16(4)10(3)11-6-7-11/h9-11,17H,5-8H2,1-4H3. The van der Waals surface area contributed by atoms with Crippen molar-refractivity contribution in [3.8, 4) is 0 Å². The van der Waals surface area contributed by atoms with Gasteiger partial charge >= 0.3 is 0 Å². The summed E-state index contributed by atoms with van der Waals surface area (Å²) in [7, 11) is 2.13. The third-order valence-electron chi connectivity index (χ3n) is 4.16. The SMILES string of the molecule is CCC(C)c1nc(N(C)C(C)C2CC2)sc1CO. The molecule has 0 bridgehead atoms. The van der Waals surface area contributed by atoms with E-state index in [0.29, 0.717) is 12.0 Å². The molecule has 1 fully saturated rings. The summed E-state index contributed by atoms with van der Waals surface area (Å²) >= 11 is 1.65. The lowest BCUT2D eigenvalue weighted by molar-refractivity contribution is 0.283. The van der Waals surface area contributed by atoms with Crippen LogP contribution in [0.25, 0.3) is 0 Å². The molecule has 3 nitrogen and oxygen atoms in total. The summed E-state index contributed by atoms with van der Waals surface area (Å²) in [5, 5.41) is 10.5. The Morgan fingerprint density at radius 2 is 2.11 bits per heavy atom. The summed E-state index contributed by atoms with van der Waals surface area (Å²) in [6, 6.07) is 0.562. The van der Waals surface area contributed by atoms with E-state index >= 15 is 0 Å². The molecule has 1 N–H and O–H groups in total. The normalized spacial score (nSPS) is 18.7. The molecule has 2 rings (SSSR count). The van der Waals surface area contributed by atoms with Gasteiger partial charge in [-0.1, -0.05) is 25.2 Å². The second-order valence-corrected chi connectivity index (χ2v) is 6.52. The molecular formula is C14H24N2OS. The lowest BCUT2D eigenvalue weighted by Gasteiger charge is -2.24. The first-order chi connectivity index (χ1) is 8.58. The second kappa shape index (κ2) is 5.57. The van der Waals surface area contributed by atoms with Crippen molar-refractivity contribution < 1.29 is 5.11 Å². The van der Waals surface area contributed by atoms with Gasteiger partial charge in [0.25, 0.3) is 0 Å². The summed E-state index contributed by atoms with van der Waals surface area (Å²) in [6.07, 6.45) is 3.77. The Balaban J connectivity index is 2.19. The first-order valence-corrected chi connectivity index (χ1v) is 7.73. The van der Waals surface area contributed by atoms with Crippen LogP contribution in [0.3, 0.4) is 0 Å². The molecule has 1 aliphatic carbocycles. The van der Waals surface area contributed by atoms with Crippen molar-refractivity contribution in [2.75, 3.05) is 11.9 Å². The summed E-state index contributed by atoms with van der Waals surface area (Å²) in [6.45, 7) is 6.74. The highest BCUT2D eigenvalue weighted by Crippen LogP contribution is 2.38. The predicted octanol–water partition coefficient (Wildman–Crippen LogP) is 3.38. The van der Waals surface area contributed by atoms with Crippen molar-refractivity contribution in [1.82, 2.24) is 4.98 Å². The number of aromatic nitrogens is 1. The molecule has 0 spiro atoms. The molecule has 1 aliphatic rings. The Bertz CT molecular complexity index is 400. The predicted molar refractivity (Wildman–Crippen MR) is 77.3 cm³/mol. The van der Waals surface area contributed by atoms with Crippen molar-refractivity contribution in [2.24, 2.45) is 5.92 Å². The minimum absolute atomic E-state index is 0.114. The molecule has 4 heteroatoms. The van der Waals surface area contributed by atoms with E-state index in [2.05, 4.69) is 32.7 Å². The first-order valence-electron chi connectivity index (χ1n) is 6.91. The number of rotatable bonds is 6. The van der Waals surface area contributed by atoms with E-state index in [0.717, 1.165) is 28.0 Å². The van der Waals surface area contributed by atoms with Crippen LogP contribution in [0.5, 0.6) is 0 Å². The maximum absolute atomic E-state index is 9.47. The van der Waals surface area contributed by atoms with Gasteiger partial charge < -0.3 is 10.0 Å². The maximum Gasteiger partial charge on any atom is 0.185 e. The van der Waals surface area contributed by atoms with Gasteiger partial charge in [0.05, 0.1) is 17.2 Å². The van der Waals surface area contributed by atoms with Crippen LogP contribution in [0.15, 0.2) is 0 Å². The zero-order chi connectivity index (χ0) is 13.3. The molecule has 102 valence electrons. The van der Waals surface area contributed by atoms with Crippen molar-refractivity contribution in [3.05, 3.63) is 10.6 Å². The van der Waals surface area contributed by atoms with E-state index in [1.54, 1.807) is 11.3 Å². The number of nitrogens with zero attached hydrogens (tertiary/aromatic N) is 2. The van der Waals surface area contributed by atoms with Crippen LogP contribution in [0, 0.1) is 5.92 Å². The molecule has 0 aliphatic heterocycles. The lowest BCUT2D eigenvalue weighted by Crippen LogP contribution is -2.30. The topological polar surface area (TPSA) is 36.4 Å². The molecular weight excluding hydrogens is 244 g/mol. The zero-order valence-electron chi connectivity index (χ0n) is 11.8. The van der Waals surface area contributed by atoms with E-state index in [1.807, 2.05) is 0 Å². The third kappa shape index (κ3) is 2.69. The summed E-state index contributed by atoms with van der Waals surface area (Å²) in [4.78, 5) is 8.09. The van der Waals surface area contributed by atoms with E-state index in [9.17, 15) is 5.11 Å². The highest BCUT2D eigenvalue weighted by molar-refractivity contribution is 7.15. The average molecular weight is 268 g/mol. The zero-order valence-corrected chi connectivity index (χ0v) is 12.6. The molecule has 0 saturated heterocycles. The molecule has 0 aromatic carbocycles. The van der Waals surface area contributed by atoms with Crippen LogP contribution >= 0.6 is 11.3 Å². The molecule has 1 aromatic rings. The number of hydrogen-bond donors (Lipinski definition) is 1. The fourth-order valence-corrected chi connectivity index (χ4v) is 3.35. The van der Waals surface area contributed by atoms with E-state index in [1.165, 1.54) is 12.8 Å². The maximum atomic E-state index is 9.47. The van der Waals surface area contributed by atoms with Gasteiger partial charge in [-0.15, -0.1) is 0 Å². The van der Waals surface area contributed by atoms with Crippen LogP contribution in [0.2, 0.25) is 0 Å². The van der Waals surface area contributed by atoms with Gasteiger partial charge in [-0.2, -0.15) is 0 Å². The summed E-state index contributed by atoms with van der Waals surface area (Å²) < 4.78 is 0. The van der Waals surface area contributed by atoms with Gasteiger partial charge in [0.2, 0.25) is 0 Å². The highest BCUT2D eigenvalue weighted by atomic mass is 32.1. The molecule has 0 amide bonds. The number of aliphatic hydroxyl groups excluding tert-OH is 1. The Hall–Kier alpha value is -0.610. The van der Waals surface area contributed by atoms with E-state index in [4.69, 9.17) is 4.98 Å². The Kier molecular flexibility index (Phi) is 4.28. The Labute approximate surface area is 114 Å². The van der Waals surface area contributed by atoms with Gasteiger partial charge in [0, 0.05) is 13.1 Å². The molecule has 0 radical (unpaired) electrons. The molecule has 1 saturated carbocycles. The van der Waals surface area contributed by atoms with E-state index in [-0.39, 0.29) is 6.61 Å². The van der Waals surface area contributed by atoms with Crippen molar-refractivity contribution in [3.63, 3.8) is 0 Å². The van der Waals surface area contributed by atoms with Gasteiger partial charge in [-0.05, 0) is 38.0 Å². The van der Waals surface area contributed by atoms with E-state index < -0.39 is 0 Å². The van der Waals surface area contributed by atoms with Gasteiger partial charge in [-0.3, -0.25) is 0 Å². The van der Waals surface area contributed by atoms with Gasteiger partial charge in [-0.25, -0.2) is 4.98 Å². The lowest BCUT2D eigenvalue weighted by atomic mass is 10.0. The average Bonchev–Trinajstić information content (AvgIpc) is 3.15. The monoisotopic (exact) mass is 268 g/mol. The fraction of sp³-hybridized carbons (Fsp3) is 0.786. The quantitative estimate of drug-likeness (QED) is 0.859. The van der Waals surface area contributed by atoms with Crippen LogP contribution < -0.4 is 4.90 Å². The summed E-state index contributed by atoms with van der Waals surface area (Å²) in [5.74, 6) is 1.27. The smallest absolute Gasteiger partial charge is 0.185 e. The fourth-order valence-electron chi connectivity index (χ4n) is 2.26. The molecule has 1 aromatic heterocycles. The number of hydrogen-bond acceptors (Lipinski definition) is 4. The highest BCUT2D eigenvalue weighted by Gasteiger charge is 2.32. The van der Waals surface area contributed by atoms with Gasteiger partial charge in [0.15, 0.2) is 5.13 Å². The number of aliphatic hydroxyl groups is 1. The second-order valence-electron chi connectivity index (χ2n) is 5.46. The molecule has 1 heterocycles. The summed E-state index contributed by atoms with van der Waals surface area (Å²) in [5.41, 5.74) is 1.09. The minimum Gasteiger partial charge on any atom is -0.391 e.